The molecular weight excluding hydrogens is 668 g/mol. The van der Waals surface area contributed by atoms with Crippen LogP contribution in [0.2, 0.25) is 4.34 Å². The van der Waals surface area contributed by atoms with Crippen molar-refractivity contribution in [3.63, 3.8) is 0 Å². The van der Waals surface area contributed by atoms with Crippen molar-refractivity contribution >= 4 is 73.8 Å². The number of halogens is 1. The Morgan fingerprint density at radius 3 is 2.59 bits per heavy atom. The highest BCUT2D eigenvalue weighted by molar-refractivity contribution is 7.99. The lowest BCUT2D eigenvalue weighted by molar-refractivity contribution is -0.143. The Morgan fingerprint density at radius 2 is 1.80 bits per heavy atom. The van der Waals surface area contributed by atoms with Gasteiger partial charge < -0.3 is 15.1 Å². The lowest BCUT2D eigenvalue weighted by Gasteiger charge is -2.34. The number of nitrogens with one attached hydrogen (secondary N) is 2. The van der Waals surface area contributed by atoms with Gasteiger partial charge in [0.05, 0.1) is 10.9 Å². The SMILES string of the molecule is O=C(NC[C@@H]1CCCN1C(=O)CN1CCCC(NS(=O)(=O)c2ccc(-c3ccc(Cl)s3)s2)C1=O)c1cnc2n(c1=O)CCS2. The van der Waals surface area contributed by atoms with E-state index in [0.29, 0.717) is 48.4 Å². The van der Waals surface area contributed by atoms with Gasteiger partial charge in [0.15, 0.2) is 5.16 Å². The third-order valence-electron chi connectivity index (χ3n) is 7.81. The lowest BCUT2D eigenvalue weighted by atomic mass is 10.1. The van der Waals surface area contributed by atoms with Gasteiger partial charge in [-0.05, 0) is 49.9 Å². The van der Waals surface area contributed by atoms with Gasteiger partial charge in [-0.1, -0.05) is 23.4 Å². The highest BCUT2D eigenvalue weighted by atomic mass is 35.5. The summed E-state index contributed by atoms with van der Waals surface area (Å²) in [4.78, 5) is 61.0. The first-order valence-electron chi connectivity index (χ1n) is 14.1. The maximum absolute atomic E-state index is 13.3. The van der Waals surface area contributed by atoms with Crippen molar-refractivity contribution in [2.75, 3.05) is 31.9 Å². The highest BCUT2D eigenvalue weighted by Gasteiger charge is 2.36. The summed E-state index contributed by atoms with van der Waals surface area (Å²) in [6.45, 7) is 1.31. The number of piperidine rings is 1. The fraction of sp³-hybridized carbons (Fsp3) is 0.444. The molecule has 2 N–H and O–H groups in total. The zero-order chi connectivity index (χ0) is 31.0. The van der Waals surface area contributed by atoms with E-state index in [-0.39, 0.29) is 40.4 Å². The summed E-state index contributed by atoms with van der Waals surface area (Å²) in [5.74, 6) is -0.512. The van der Waals surface area contributed by atoms with Crippen molar-refractivity contribution in [2.45, 2.75) is 53.7 Å². The largest absolute Gasteiger partial charge is 0.350 e. The van der Waals surface area contributed by atoms with Gasteiger partial charge in [-0.15, -0.1) is 22.7 Å². The van der Waals surface area contributed by atoms with Crippen LogP contribution in [0.5, 0.6) is 0 Å². The summed E-state index contributed by atoms with van der Waals surface area (Å²) < 4.78 is 31.0. The second-order valence-corrected chi connectivity index (χ2v) is 16.5. The van der Waals surface area contributed by atoms with Crippen molar-refractivity contribution < 1.29 is 22.8 Å². The van der Waals surface area contributed by atoms with Crippen molar-refractivity contribution in [1.82, 2.24) is 29.4 Å². The molecule has 3 aromatic heterocycles. The van der Waals surface area contributed by atoms with Crippen molar-refractivity contribution in [3.8, 4) is 9.75 Å². The average Bonchev–Trinajstić information content (AvgIpc) is 3.81. The molecule has 0 saturated carbocycles. The lowest BCUT2D eigenvalue weighted by Crippen LogP contribution is -2.55. The van der Waals surface area contributed by atoms with Gasteiger partial charge in [0.1, 0.15) is 15.8 Å². The molecule has 0 aromatic carbocycles. The van der Waals surface area contributed by atoms with Crippen LogP contribution in [-0.4, -0.2) is 89.5 Å². The van der Waals surface area contributed by atoms with E-state index in [4.69, 9.17) is 11.6 Å². The van der Waals surface area contributed by atoms with Crippen molar-refractivity contribution in [2.24, 2.45) is 0 Å². The second-order valence-electron chi connectivity index (χ2n) is 10.7. The monoisotopic (exact) mass is 696 g/mol. The number of hydrogen-bond acceptors (Lipinski definition) is 10. The quantitative estimate of drug-likeness (QED) is 0.324. The number of fused-ring (bicyclic) bond motifs is 1. The molecule has 3 aromatic rings. The Morgan fingerprint density at radius 1 is 1.02 bits per heavy atom. The molecule has 0 aliphatic carbocycles. The first kappa shape index (κ1) is 31.2. The number of likely N-dealkylation sites (tertiary alicyclic amines) is 2. The van der Waals surface area contributed by atoms with Crippen molar-refractivity contribution in [1.29, 1.82) is 0 Å². The van der Waals surface area contributed by atoms with Crippen molar-refractivity contribution in [3.05, 3.63) is 50.7 Å². The molecule has 3 amide bonds. The zero-order valence-electron chi connectivity index (χ0n) is 23.4. The molecule has 12 nitrogen and oxygen atoms in total. The molecular formula is C27H29ClN6O6S4. The van der Waals surface area contributed by atoms with E-state index in [9.17, 15) is 27.6 Å². The van der Waals surface area contributed by atoms with Gasteiger partial charge in [-0.3, -0.25) is 23.7 Å². The van der Waals surface area contributed by atoms with Crippen LogP contribution in [-0.2, 0) is 26.2 Å². The molecule has 3 aliphatic rings. The number of rotatable bonds is 9. The molecule has 17 heteroatoms. The minimum absolute atomic E-state index is 0.0331. The molecule has 234 valence electrons. The van der Waals surface area contributed by atoms with E-state index in [1.165, 1.54) is 44.8 Å². The molecule has 2 atom stereocenters. The summed E-state index contributed by atoms with van der Waals surface area (Å²) in [6.07, 6.45) is 3.57. The Labute approximate surface area is 270 Å². The van der Waals surface area contributed by atoms with Crippen LogP contribution in [0.25, 0.3) is 9.75 Å². The minimum atomic E-state index is -3.97. The van der Waals surface area contributed by atoms with Gasteiger partial charge in [0.25, 0.3) is 21.5 Å². The number of amides is 3. The third kappa shape index (κ3) is 6.46. The van der Waals surface area contributed by atoms with Crippen LogP contribution >= 0.6 is 46.0 Å². The van der Waals surface area contributed by atoms with Gasteiger partial charge in [-0.25, -0.2) is 13.4 Å². The van der Waals surface area contributed by atoms with Gasteiger partial charge >= 0.3 is 0 Å². The number of aromatic nitrogens is 2. The fourth-order valence-corrected chi connectivity index (χ4v) is 10.2. The summed E-state index contributed by atoms with van der Waals surface area (Å²) in [7, 11) is -3.97. The molecule has 0 bridgehead atoms. The number of sulfonamides is 1. The number of thioether (sulfide) groups is 1. The summed E-state index contributed by atoms with van der Waals surface area (Å²) in [5.41, 5.74) is -0.410. The van der Waals surface area contributed by atoms with Crippen LogP contribution in [0, 0.1) is 0 Å². The molecule has 0 spiro atoms. The Bertz CT molecular complexity index is 1770. The van der Waals surface area contributed by atoms with E-state index < -0.39 is 27.9 Å². The normalized spacial score (nSPS) is 20.2. The summed E-state index contributed by atoms with van der Waals surface area (Å²) >= 11 is 9.93. The molecule has 2 fully saturated rings. The van der Waals surface area contributed by atoms with Crippen LogP contribution < -0.4 is 15.6 Å². The van der Waals surface area contributed by atoms with E-state index in [0.717, 1.165) is 33.3 Å². The molecule has 44 heavy (non-hydrogen) atoms. The van der Waals surface area contributed by atoms with Crippen LogP contribution in [0.15, 0.2) is 44.6 Å². The number of carbonyl (C=O) groups excluding carboxylic acids is 3. The Balaban J connectivity index is 1.05. The van der Waals surface area contributed by atoms with E-state index in [1.54, 1.807) is 17.0 Å². The predicted octanol–water partition coefficient (Wildman–Crippen LogP) is 2.48. The summed E-state index contributed by atoms with van der Waals surface area (Å²) in [5, 5.41) is 3.38. The zero-order valence-corrected chi connectivity index (χ0v) is 27.4. The predicted molar refractivity (Wildman–Crippen MR) is 169 cm³/mol. The number of thiophene rings is 2. The van der Waals surface area contributed by atoms with Gasteiger partial charge in [-0.2, -0.15) is 4.72 Å². The van der Waals surface area contributed by atoms with Crippen LogP contribution in [0.4, 0.5) is 0 Å². The summed E-state index contributed by atoms with van der Waals surface area (Å²) in [6, 6.07) is 5.54. The first-order valence-corrected chi connectivity index (χ1v) is 18.6. The maximum Gasteiger partial charge on any atom is 0.267 e. The third-order valence-corrected chi connectivity index (χ3v) is 13.3. The van der Waals surface area contributed by atoms with Crippen LogP contribution in [0.3, 0.4) is 0 Å². The molecule has 0 radical (unpaired) electrons. The van der Waals surface area contributed by atoms with E-state index in [1.807, 2.05) is 6.07 Å². The molecule has 6 heterocycles. The van der Waals surface area contributed by atoms with Gasteiger partial charge in [0.2, 0.25) is 11.8 Å². The second kappa shape index (κ2) is 12.9. The minimum Gasteiger partial charge on any atom is -0.350 e. The molecule has 1 unspecified atom stereocenters. The number of carbonyl (C=O) groups is 3. The van der Waals surface area contributed by atoms with E-state index in [2.05, 4.69) is 15.0 Å². The first-order chi connectivity index (χ1) is 21.1. The Kier molecular flexibility index (Phi) is 9.17. The molecule has 3 aliphatic heterocycles. The van der Waals surface area contributed by atoms with E-state index >= 15 is 0 Å². The van der Waals surface area contributed by atoms with Gasteiger partial charge in [0, 0.05) is 53.9 Å². The standard InChI is InChI=1S/C27H29ClN6O6S4/c28-21-7-5-19(42-21)20-6-8-23(43-20)44(39,40)31-18-4-2-9-32(26(18)38)15-22(35)33-10-1-3-16(33)13-29-24(36)17-14-30-27-34(25(17)37)11-12-41-27/h5-8,14,16,18,31H,1-4,9-13,15H2,(H,29,36)/t16-,18?/m0/s1. The van der Waals surface area contributed by atoms with Crippen LogP contribution in [0.1, 0.15) is 36.0 Å². The smallest absolute Gasteiger partial charge is 0.267 e. The molecule has 6 rings (SSSR count). The Hall–Kier alpha value is -2.76. The number of hydrogen-bond donors (Lipinski definition) is 2. The fourth-order valence-electron chi connectivity index (χ4n) is 5.61. The maximum atomic E-state index is 13.3. The highest BCUT2D eigenvalue weighted by Crippen LogP contribution is 2.37. The number of nitrogens with zero attached hydrogens (tertiary/aromatic N) is 4. The molecule has 2 saturated heterocycles. The topological polar surface area (TPSA) is 151 Å². The average molecular weight is 697 g/mol.